The van der Waals surface area contributed by atoms with Crippen LogP contribution in [0.4, 0.5) is 0 Å². The van der Waals surface area contributed by atoms with E-state index in [2.05, 4.69) is 11.9 Å². The highest BCUT2D eigenvalue weighted by Gasteiger charge is 2.04. The Morgan fingerprint density at radius 3 is 2.58 bits per heavy atom. The molecule has 1 atom stereocenters. The Morgan fingerprint density at radius 1 is 1.58 bits per heavy atom. The Bertz CT molecular complexity index is 155. The van der Waals surface area contributed by atoms with Gasteiger partial charge in [0.2, 0.25) is 5.91 Å². The zero-order valence-corrected chi connectivity index (χ0v) is 7.96. The molecule has 0 aromatic carbocycles. The molecule has 0 aromatic heterocycles. The highest BCUT2D eigenvalue weighted by atomic mass is 16.5. The van der Waals surface area contributed by atoms with Gasteiger partial charge >= 0.3 is 0 Å². The maximum atomic E-state index is 10.8. The number of carbonyl (C=O) groups is 1. The van der Waals surface area contributed by atoms with Crippen molar-refractivity contribution in [2.45, 2.75) is 32.9 Å². The fraction of sp³-hybridized carbons (Fsp3) is 0.667. The maximum absolute atomic E-state index is 10.8. The van der Waals surface area contributed by atoms with Crippen LogP contribution in [0.25, 0.3) is 0 Å². The van der Waals surface area contributed by atoms with Crippen LogP contribution in [0.5, 0.6) is 0 Å². The van der Waals surface area contributed by atoms with Crippen molar-refractivity contribution in [3.05, 3.63) is 12.7 Å². The van der Waals surface area contributed by atoms with Crippen LogP contribution in [-0.2, 0) is 9.53 Å². The standard InChI is InChI=1S/C9H17NO2/c1-5-9(11)10-8(4)6-12-7(2)3/h5,7-8H,1,6H2,2-4H3,(H,10,11)/t8-/m1/s1. The number of carbonyl (C=O) groups excluding carboxylic acids is 1. The topological polar surface area (TPSA) is 38.3 Å². The molecule has 3 nitrogen and oxygen atoms in total. The van der Waals surface area contributed by atoms with Crippen LogP contribution < -0.4 is 5.32 Å². The summed E-state index contributed by atoms with van der Waals surface area (Å²) in [4.78, 5) is 10.8. The fourth-order valence-corrected chi connectivity index (χ4v) is 0.680. The van der Waals surface area contributed by atoms with Gasteiger partial charge in [0.25, 0.3) is 0 Å². The first kappa shape index (κ1) is 11.2. The summed E-state index contributed by atoms with van der Waals surface area (Å²) in [6.45, 7) is 9.71. The van der Waals surface area contributed by atoms with Crippen LogP contribution in [0.15, 0.2) is 12.7 Å². The second kappa shape index (κ2) is 5.77. The van der Waals surface area contributed by atoms with Gasteiger partial charge in [0, 0.05) is 6.04 Å². The summed E-state index contributed by atoms with van der Waals surface area (Å²) in [7, 11) is 0. The van der Waals surface area contributed by atoms with Crippen molar-refractivity contribution in [3.8, 4) is 0 Å². The van der Waals surface area contributed by atoms with E-state index in [9.17, 15) is 4.79 Å². The van der Waals surface area contributed by atoms with Crippen molar-refractivity contribution in [2.24, 2.45) is 0 Å². The molecule has 0 aliphatic carbocycles. The predicted molar refractivity (Wildman–Crippen MR) is 48.9 cm³/mol. The van der Waals surface area contributed by atoms with Crippen molar-refractivity contribution >= 4 is 5.91 Å². The molecule has 0 radical (unpaired) electrons. The molecular formula is C9H17NO2. The van der Waals surface area contributed by atoms with Gasteiger partial charge in [-0.25, -0.2) is 0 Å². The summed E-state index contributed by atoms with van der Waals surface area (Å²) in [6, 6.07) is 0.0397. The normalized spacial score (nSPS) is 12.7. The first-order valence-electron chi connectivity index (χ1n) is 4.10. The molecule has 0 aliphatic heterocycles. The van der Waals surface area contributed by atoms with E-state index in [0.717, 1.165) is 0 Å². The van der Waals surface area contributed by atoms with Crippen molar-refractivity contribution in [1.29, 1.82) is 0 Å². The average Bonchev–Trinajstić information content (AvgIpc) is 2.00. The van der Waals surface area contributed by atoms with Crippen LogP contribution in [0.3, 0.4) is 0 Å². The number of hydrogen-bond donors (Lipinski definition) is 1. The molecule has 1 N–H and O–H groups in total. The first-order chi connectivity index (χ1) is 5.56. The smallest absolute Gasteiger partial charge is 0.243 e. The minimum Gasteiger partial charge on any atom is -0.377 e. The molecule has 1 amide bonds. The van der Waals surface area contributed by atoms with Crippen LogP contribution in [0.1, 0.15) is 20.8 Å². The van der Waals surface area contributed by atoms with Crippen molar-refractivity contribution in [3.63, 3.8) is 0 Å². The van der Waals surface area contributed by atoms with E-state index in [1.54, 1.807) is 0 Å². The zero-order chi connectivity index (χ0) is 9.56. The molecule has 0 aliphatic rings. The molecular weight excluding hydrogens is 154 g/mol. The molecule has 3 heteroatoms. The summed E-state index contributed by atoms with van der Waals surface area (Å²) in [5.41, 5.74) is 0. The van der Waals surface area contributed by atoms with E-state index < -0.39 is 0 Å². The second-order valence-corrected chi connectivity index (χ2v) is 3.00. The van der Waals surface area contributed by atoms with Crippen molar-refractivity contribution in [2.75, 3.05) is 6.61 Å². The lowest BCUT2D eigenvalue weighted by atomic mass is 10.3. The van der Waals surface area contributed by atoms with Gasteiger partial charge in [0.15, 0.2) is 0 Å². The number of nitrogens with one attached hydrogen (secondary N) is 1. The number of rotatable bonds is 5. The predicted octanol–water partition coefficient (Wildman–Crippen LogP) is 1.10. The van der Waals surface area contributed by atoms with E-state index in [4.69, 9.17) is 4.74 Å². The van der Waals surface area contributed by atoms with Crippen LogP contribution in [-0.4, -0.2) is 24.7 Å². The Hall–Kier alpha value is -0.830. The number of ether oxygens (including phenoxy) is 1. The summed E-state index contributed by atoms with van der Waals surface area (Å²) < 4.78 is 5.30. The highest BCUT2D eigenvalue weighted by molar-refractivity contribution is 5.87. The largest absolute Gasteiger partial charge is 0.377 e. The van der Waals surface area contributed by atoms with Crippen LogP contribution >= 0.6 is 0 Å². The van der Waals surface area contributed by atoms with E-state index in [0.29, 0.717) is 6.61 Å². The summed E-state index contributed by atoms with van der Waals surface area (Å²) >= 11 is 0. The van der Waals surface area contributed by atoms with Crippen molar-refractivity contribution in [1.82, 2.24) is 5.32 Å². The van der Waals surface area contributed by atoms with Gasteiger partial charge in [-0.15, -0.1) is 0 Å². The average molecular weight is 171 g/mol. The van der Waals surface area contributed by atoms with E-state index in [-0.39, 0.29) is 18.1 Å². The number of amides is 1. The molecule has 0 rings (SSSR count). The summed E-state index contributed by atoms with van der Waals surface area (Å²) in [5, 5.41) is 2.70. The quantitative estimate of drug-likeness (QED) is 0.629. The van der Waals surface area contributed by atoms with Gasteiger partial charge in [-0.1, -0.05) is 6.58 Å². The van der Waals surface area contributed by atoms with Gasteiger partial charge in [-0.2, -0.15) is 0 Å². The van der Waals surface area contributed by atoms with Crippen LogP contribution in [0.2, 0.25) is 0 Å². The minimum atomic E-state index is -0.158. The van der Waals surface area contributed by atoms with Crippen LogP contribution in [0, 0.1) is 0 Å². The lowest BCUT2D eigenvalue weighted by molar-refractivity contribution is -0.117. The highest BCUT2D eigenvalue weighted by Crippen LogP contribution is 1.90. The summed E-state index contributed by atoms with van der Waals surface area (Å²) in [6.07, 6.45) is 1.46. The molecule has 70 valence electrons. The molecule has 0 spiro atoms. The lowest BCUT2D eigenvalue weighted by Gasteiger charge is -2.14. The van der Waals surface area contributed by atoms with E-state index in [1.807, 2.05) is 20.8 Å². The van der Waals surface area contributed by atoms with Gasteiger partial charge in [0.1, 0.15) is 0 Å². The molecule has 0 heterocycles. The van der Waals surface area contributed by atoms with Gasteiger partial charge < -0.3 is 10.1 Å². The van der Waals surface area contributed by atoms with Gasteiger partial charge in [-0.05, 0) is 26.8 Å². The third-order valence-electron chi connectivity index (χ3n) is 1.25. The SMILES string of the molecule is C=CC(=O)N[C@H](C)COC(C)C. The molecule has 0 unspecified atom stereocenters. The fourth-order valence-electron chi connectivity index (χ4n) is 0.680. The third kappa shape index (κ3) is 5.92. The molecule has 0 saturated heterocycles. The molecule has 0 aromatic rings. The Morgan fingerprint density at radius 2 is 2.17 bits per heavy atom. The maximum Gasteiger partial charge on any atom is 0.243 e. The molecule has 0 saturated carbocycles. The van der Waals surface area contributed by atoms with E-state index >= 15 is 0 Å². The van der Waals surface area contributed by atoms with E-state index in [1.165, 1.54) is 6.08 Å². The monoisotopic (exact) mass is 171 g/mol. The minimum absolute atomic E-state index is 0.0397. The molecule has 12 heavy (non-hydrogen) atoms. The lowest BCUT2D eigenvalue weighted by Crippen LogP contribution is -2.35. The second-order valence-electron chi connectivity index (χ2n) is 3.00. The first-order valence-corrected chi connectivity index (χ1v) is 4.10. The zero-order valence-electron chi connectivity index (χ0n) is 7.96. The van der Waals surface area contributed by atoms with Gasteiger partial charge in [-0.3, -0.25) is 4.79 Å². The third-order valence-corrected chi connectivity index (χ3v) is 1.25. The molecule has 0 fully saturated rings. The Labute approximate surface area is 73.8 Å². The number of hydrogen-bond acceptors (Lipinski definition) is 2. The van der Waals surface area contributed by atoms with Gasteiger partial charge in [0.05, 0.1) is 12.7 Å². The Kier molecular flexibility index (Phi) is 5.37. The summed E-state index contributed by atoms with van der Waals surface area (Å²) in [5.74, 6) is -0.158. The van der Waals surface area contributed by atoms with Crippen molar-refractivity contribution < 1.29 is 9.53 Å². The Balaban J connectivity index is 3.52. The molecule has 0 bridgehead atoms.